The minimum Gasteiger partial charge on any atom is -0.357 e. The zero-order valence-corrected chi connectivity index (χ0v) is 20.1. The molecule has 0 unspecified atom stereocenters. The van der Waals surface area contributed by atoms with Crippen LogP contribution in [0.3, 0.4) is 0 Å². The molecule has 3 rings (SSSR count). The van der Waals surface area contributed by atoms with E-state index in [1.54, 1.807) is 6.33 Å². The molecule has 1 aliphatic heterocycles. The van der Waals surface area contributed by atoms with Gasteiger partial charge in [-0.2, -0.15) is 0 Å². The molecule has 164 valence electrons. The fourth-order valence-corrected chi connectivity index (χ4v) is 3.39. The first kappa shape index (κ1) is 24.1. The molecule has 1 aromatic carbocycles. The second-order valence-electron chi connectivity index (χ2n) is 7.15. The number of guanidine groups is 1. The third-order valence-electron chi connectivity index (χ3n) is 4.99. The average Bonchev–Trinajstić information content (AvgIpc) is 3.36. The van der Waals surface area contributed by atoms with E-state index in [0.717, 1.165) is 56.4 Å². The maximum Gasteiger partial charge on any atom is 0.222 e. The molecular weight excluding hydrogens is 493 g/mol. The number of benzene rings is 1. The molecule has 1 saturated heterocycles. The van der Waals surface area contributed by atoms with Crippen LogP contribution in [0.15, 0.2) is 35.6 Å². The van der Waals surface area contributed by atoms with Gasteiger partial charge < -0.3 is 20.1 Å². The second-order valence-corrected chi connectivity index (χ2v) is 7.15. The molecule has 0 atom stereocenters. The van der Waals surface area contributed by atoms with Gasteiger partial charge in [-0.05, 0) is 24.5 Å². The van der Waals surface area contributed by atoms with Crippen LogP contribution in [0.25, 0.3) is 0 Å². The summed E-state index contributed by atoms with van der Waals surface area (Å²) in [4.78, 5) is 18.4. The van der Waals surface area contributed by atoms with Gasteiger partial charge in [0.05, 0.1) is 6.54 Å². The van der Waals surface area contributed by atoms with Gasteiger partial charge in [-0.1, -0.05) is 31.2 Å². The number of hydrogen-bond acceptors (Lipinski definition) is 4. The van der Waals surface area contributed by atoms with Gasteiger partial charge in [-0.3, -0.25) is 4.79 Å². The lowest BCUT2D eigenvalue weighted by Crippen LogP contribution is -2.38. The number of nitrogens with zero attached hydrogens (tertiary/aromatic N) is 5. The van der Waals surface area contributed by atoms with Gasteiger partial charge in [0.15, 0.2) is 5.96 Å². The number of halogens is 1. The predicted octanol–water partition coefficient (Wildman–Crippen LogP) is 2.34. The van der Waals surface area contributed by atoms with Crippen molar-refractivity contribution in [2.45, 2.75) is 52.7 Å². The van der Waals surface area contributed by atoms with Gasteiger partial charge >= 0.3 is 0 Å². The van der Waals surface area contributed by atoms with Crippen molar-refractivity contribution in [1.29, 1.82) is 0 Å². The Morgan fingerprint density at radius 3 is 2.60 bits per heavy atom. The summed E-state index contributed by atoms with van der Waals surface area (Å²) in [7, 11) is 0. The van der Waals surface area contributed by atoms with Gasteiger partial charge in [0, 0.05) is 45.6 Å². The number of nitrogens with one attached hydrogen (secondary N) is 2. The average molecular weight is 525 g/mol. The summed E-state index contributed by atoms with van der Waals surface area (Å²) in [5.74, 6) is 2.05. The normalized spacial score (nSPS) is 14.0. The van der Waals surface area contributed by atoms with E-state index in [9.17, 15) is 4.79 Å². The van der Waals surface area contributed by atoms with Crippen LogP contribution in [-0.4, -0.2) is 51.2 Å². The third-order valence-corrected chi connectivity index (χ3v) is 4.99. The van der Waals surface area contributed by atoms with E-state index in [-0.39, 0.29) is 29.9 Å². The van der Waals surface area contributed by atoms with Gasteiger partial charge in [0.1, 0.15) is 12.2 Å². The Morgan fingerprint density at radius 1 is 1.17 bits per heavy atom. The van der Waals surface area contributed by atoms with Crippen molar-refractivity contribution in [3.8, 4) is 0 Å². The molecule has 1 amide bonds. The first-order valence-electron chi connectivity index (χ1n) is 10.4. The number of aryl methyl sites for hydroxylation is 1. The minimum atomic E-state index is 0. The lowest BCUT2D eigenvalue weighted by Gasteiger charge is -2.15. The standard InChI is InChI=1S/C21H31N7O.HI/c1-3-19-26-25-16-28(19)13-11-23-21(22-4-2)24-14-17-7-9-18(10-8-17)15-27-12-5-6-20(27)29;/h7-10,16H,3-6,11-15H2,1-2H3,(H2,22,23,24);1H. The van der Waals surface area contributed by atoms with Crippen molar-refractivity contribution in [3.63, 3.8) is 0 Å². The van der Waals surface area contributed by atoms with Gasteiger partial charge in [-0.25, -0.2) is 4.99 Å². The van der Waals surface area contributed by atoms with Gasteiger partial charge in [0.25, 0.3) is 0 Å². The van der Waals surface area contributed by atoms with E-state index >= 15 is 0 Å². The van der Waals surface area contributed by atoms with E-state index in [0.29, 0.717) is 19.5 Å². The Kier molecular flexibility index (Phi) is 10.0. The Morgan fingerprint density at radius 2 is 1.93 bits per heavy atom. The number of carbonyl (C=O) groups is 1. The summed E-state index contributed by atoms with van der Waals surface area (Å²) in [6, 6.07) is 8.37. The number of amides is 1. The van der Waals surface area contributed by atoms with Gasteiger partial charge in [0.2, 0.25) is 5.91 Å². The first-order valence-corrected chi connectivity index (χ1v) is 10.4. The molecule has 30 heavy (non-hydrogen) atoms. The zero-order chi connectivity index (χ0) is 20.5. The van der Waals surface area contributed by atoms with E-state index < -0.39 is 0 Å². The van der Waals surface area contributed by atoms with Crippen LogP contribution in [0.4, 0.5) is 0 Å². The highest BCUT2D eigenvalue weighted by Gasteiger charge is 2.19. The Hall–Kier alpha value is -2.17. The molecule has 2 heterocycles. The van der Waals surface area contributed by atoms with Crippen molar-refractivity contribution < 1.29 is 4.79 Å². The van der Waals surface area contributed by atoms with Crippen molar-refractivity contribution in [2.75, 3.05) is 19.6 Å². The van der Waals surface area contributed by atoms with E-state index in [4.69, 9.17) is 0 Å². The van der Waals surface area contributed by atoms with Crippen LogP contribution in [0.1, 0.15) is 43.6 Å². The Bertz CT molecular complexity index is 819. The first-order chi connectivity index (χ1) is 14.2. The SMILES string of the molecule is CCNC(=NCc1ccc(CN2CCCC2=O)cc1)NCCn1cnnc1CC.I. The summed E-state index contributed by atoms with van der Waals surface area (Å²) in [5.41, 5.74) is 2.31. The zero-order valence-electron chi connectivity index (χ0n) is 17.8. The van der Waals surface area contributed by atoms with E-state index in [1.807, 2.05) is 4.90 Å². The number of aromatic nitrogens is 3. The number of rotatable bonds is 9. The molecular formula is C21H32IN7O. The van der Waals surface area contributed by atoms with Crippen molar-refractivity contribution in [1.82, 2.24) is 30.3 Å². The number of likely N-dealkylation sites (tertiary alicyclic amines) is 1. The van der Waals surface area contributed by atoms with E-state index in [2.05, 4.69) is 68.5 Å². The minimum absolute atomic E-state index is 0. The third kappa shape index (κ3) is 6.96. The van der Waals surface area contributed by atoms with Crippen LogP contribution in [0, 0.1) is 0 Å². The molecule has 2 N–H and O–H groups in total. The highest BCUT2D eigenvalue weighted by atomic mass is 127. The number of aliphatic imine (C=N–C) groups is 1. The van der Waals surface area contributed by atoms with E-state index in [1.165, 1.54) is 5.56 Å². The Balaban J connectivity index is 0.00000320. The molecule has 0 bridgehead atoms. The van der Waals surface area contributed by atoms with Crippen molar-refractivity contribution in [3.05, 3.63) is 47.5 Å². The summed E-state index contributed by atoms with van der Waals surface area (Å²) in [5, 5.41) is 14.7. The quantitative estimate of drug-likeness (QED) is 0.298. The van der Waals surface area contributed by atoms with Crippen molar-refractivity contribution in [2.24, 2.45) is 4.99 Å². The summed E-state index contributed by atoms with van der Waals surface area (Å²) in [6.45, 7) is 8.66. The second kappa shape index (κ2) is 12.5. The molecule has 0 radical (unpaired) electrons. The van der Waals surface area contributed by atoms with Crippen LogP contribution in [0.2, 0.25) is 0 Å². The lowest BCUT2D eigenvalue weighted by molar-refractivity contribution is -0.128. The largest absolute Gasteiger partial charge is 0.357 e. The molecule has 2 aromatic rings. The number of carbonyl (C=O) groups excluding carboxylic acids is 1. The topological polar surface area (TPSA) is 87.4 Å². The highest BCUT2D eigenvalue weighted by molar-refractivity contribution is 14.0. The van der Waals surface area contributed by atoms with Crippen LogP contribution in [-0.2, 0) is 30.8 Å². The number of hydrogen-bond donors (Lipinski definition) is 2. The molecule has 0 spiro atoms. The highest BCUT2D eigenvalue weighted by Crippen LogP contribution is 2.15. The fourth-order valence-electron chi connectivity index (χ4n) is 3.39. The maximum atomic E-state index is 11.8. The lowest BCUT2D eigenvalue weighted by atomic mass is 10.1. The van der Waals surface area contributed by atoms with Crippen LogP contribution < -0.4 is 10.6 Å². The maximum absolute atomic E-state index is 11.8. The summed E-state index contributed by atoms with van der Waals surface area (Å²) in [6.07, 6.45) is 4.30. The smallest absolute Gasteiger partial charge is 0.222 e. The molecule has 1 fully saturated rings. The fraction of sp³-hybridized carbons (Fsp3) is 0.524. The van der Waals surface area contributed by atoms with Crippen LogP contribution >= 0.6 is 24.0 Å². The summed E-state index contributed by atoms with van der Waals surface area (Å²) < 4.78 is 2.06. The molecule has 8 nitrogen and oxygen atoms in total. The molecule has 1 aliphatic rings. The van der Waals surface area contributed by atoms with Crippen LogP contribution in [0.5, 0.6) is 0 Å². The van der Waals surface area contributed by atoms with Crippen molar-refractivity contribution >= 4 is 35.8 Å². The molecule has 0 saturated carbocycles. The molecule has 0 aliphatic carbocycles. The molecule has 1 aromatic heterocycles. The predicted molar refractivity (Wildman–Crippen MR) is 129 cm³/mol. The summed E-state index contributed by atoms with van der Waals surface area (Å²) >= 11 is 0. The van der Waals surface area contributed by atoms with Gasteiger partial charge in [-0.15, -0.1) is 34.2 Å². The Labute approximate surface area is 195 Å². The molecule has 9 heteroatoms. The monoisotopic (exact) mass is 525 g/mol.